The Balaban J connectivity index is 0.000000350. The molecule has 0 aliphatic carbocycles. The molecular weight excluding hydrogens is 561 g/mol. The van der Waals surface area contributed by atoms with Crippen LogP contribution in [-0.4, -0.2) is 15.9 Å². The van der Waals surface area contributed by atoms with E-state index in [0.717, 1.165) is 22.2 Å². The van der Waals surface area contributed by atoms with Crippen LogP contribution >= 0.6 is 0 Å². The van der Waals surface area contributed by atoms with Crippen LogP contribution in [0.5, 0.6) is 0 Å². The number of fused-ring (bicyclic) bond motifs is 1. The Labute approximate surface area is 187 Å². The monoisotopic (exact) mass is 581 g/mol. The van der Waals surface area contributed by atoms with Crippen molar-refractivity contribution in [1.82, 2.24) is 4.98 Å². The predicted molar refractivity (Wildman–Crippen MR) is 111 cm³/mol. The van der Waals surface area contributed by atoms with Crippen LogP contribution in [0.25, 0.3) is 33.7 Å². The number of ketones is 1. The topological polar surface area (TPSA) is 63.3 Å². The fourth-order valence-electron chi connectivity index (χ4n) is 2.67. The minimum atomic E-state index is -0.264. The summed E-state index contributed by atoms with van der Waals surface area (Å²) in [5.41, 5.74) is 3.12. The van der Waals surface area contributed by atoms with Gasteiger partial charge in [0.25, 0.3) is 0 Å². The maximum Gasteiger partial charge on any atom is 0.217 e. The molecular formula is C24H19FIrNO3-. The molecule has 1 N–H and O–H groups in total. The van der Waals surface area contributed by atoms with Crippen LogP contribution in [0, 0.1) is 11.9 Å². The Kier molecular flexibility index (Phi) is 8.22. The number of carbonyl (C=O) groups is 1. The number of aromatic nitrogens is 1. The Morgan fingerprint density at radius 3 is 2.40 bits per heavy atom. The van der Waals surface area contributed by atoms with E-state index in [0.29, 0.717) is 11.5 Å². The van der Waals surface area contributed by atoms with E-state index in [1.165, 1.54) is 32.1 Å². The molecule has 0 amide bonds. The molecule has 155 valence electrons. The molecule has 0 unspecified atom stereocenters. The van der Waals surface area contributed by atoms with Crippen LogP contribution < -0.4 is 0 Å². The van der Waals surface area contributed by atoms with E-state index in [1.807, 2.05) is 42.5 Å². The minimum Gasteiger partial charge on any atom is -0.512 e. The number of pyridine rings is 1. The van der Waals surface area contributed by atoms with Crippen molar-refractivity contribution >= 4 is 16.9 Å². The quantitative estimate of drug-likeness (QED) is 0.180. The number of nitrogens with zero attached hydrogens (tertiary/aromatic N) is 1. The zero-order valence-electron chi connectivity index (χ0n) is 16.4. The first-order chi connectivity index (χ1) is 13.9. The first-order valence-corrected chi connectivity index (χ1v) is 8.94. The smallest absolute Gasteiger partial charge is 0.217 e. The Bertz CT molecular complexity index is 1150. The van der Waals surface area contributed by atoms with E-state index in [2.05, 4.69) is 11.1 Å². The third-order valence-electron chi connectivity index (χ3n) is 3.91. The summed E-state index contributed by atoms with van der Waals surface area (Å²) in [6.45, 7) is 2.85. The summed E-state index contributed by atoms with van der Waals surface area (Å²) in [7, 11) is 0. The van der Waals surface area contributed by atoms with Crippen LogP contribution in [0.1, 0.15) is 13.8 Å². The normalized spacial score (nSPS) is 10.7. The number of hydrogen-bond acceptors (Lipinski definition) is 4. The molecule has 0 saturated carbocycles. The van der Waals surface area contributed by atoms with Gasteiger partial charge in [-0.1, -0.05) is 12.1 Å². The summed E-state index contributed by atoms with van der Waals surface area (Å²) in [5, 5.41) is 9.28. The van der Waals surface area contributed by atoms with E-state index in [1.54, 1.807) is 12.1 Å². The summed E-state index contributed by atoms with van der Waals surface area (Å²) >= 11 is 0. The van der Waals surface area contributed by atoms with Crippen molar-refractivity contribution in [3.63, 3.8) is 0 Å². The molecule has 1 radical (unpaired) electrons. The molecule has 6 heteroatoms. The second-order valence-electron chi connectivity index (χ2n) is 6.38. The van der Waals surface area contributed by atoms with Crippen molar-refractivity contribution < 1.29 is 38.8 Å². The molecule has 0 aliphatic heterocycles. The average Bonchev–Trinajstić information content (AvgIpc) is 3.12. The Morgan fingerprint density at radius 2 is 1.83 bits per heavy atom. The van der Waals surface area contributed by atoms with Gasteiger partial charge in [-0.15, -0.1) is 35.9 Å². The van der Waals surface area contributed by atoms with Crippen molar-refractivity contribution in [2.75, 3.05) is 0 Å². The van der Waals surface area contributed by atoms with Gasteiger partial charge in [0.2, 0.25) is 5.71 Å². The predicted octanol–water partition coefficient (Wildman–Crippen LogP) is 6.14. The molecule has 0 bridgehead atoms. The molecule has 4 aromatic rings. The summed E-state index contributed by atoms with van der Waals surface area (Å²) in [4.78, 5) is 14.6. The first-order valence-electron chi connectivity index (χ1n) is 8.94. The van der Waals surface area contributed by atoms with Gasteiger partial charge in [-0.05, 0) is 49.9 Å². The van der Waals surface area contributed by atoms with Gasteiger partial charge in [0, 0.05) is 37.1 Å². The van der Waals surface area contributed by atoms with Crippen molar-refractivity contribution in [1.29, 1.82) is 0 Å². The van der Waals surface area contributed by atoms with E-state index in [9.17, 15) is 9.18 Å². The van der Waals surface area contributed by atoms with Gasteiger partial charge in [-0.25, -0.2) is 4.39 Å². The number of furan rings is 1. The maximum absolute atomic E-state index is 13.0. The molecule has 0 saturated heterocycles. The van der Waals surface area contributed by atoms with Gasteiger partial charge in [-0.3, -0.25) is 9.78 Å². The third-order valence-corrected chi connectivity index (χ3v) is 3.91. The average molecular weight is 581 g/mol. The molecule has 30 heavy (non-hydrogen) atoms. The SMILES string of the molecule is CC(=O)/C=C(/C)O.Fc1ccc(-c2cc3ccc(-c4[c-]cccc4)nc3o2)cc1.[Ir]. The second kappa shape index (κ2) is 10.6. The number of benzene rings is 2. The fourth-order valence-corrected chi connectivity index (χ4v) is 2.67. The molecule has 0 atom stereocenters. The van der Waals surface area contributed by atoms with E-state index >= 15 is 0 Å². The Morgan fingerprint density at radius 1 is 1.10 bits per heavy atom. The number of allylic oxidation sites excluding steroid dienone is 2. The van der Waals surface area contributed by atoms with Crippen LogP contribution in [-0.2, 0) is 24.9 Å². The molecule has 2 aromatic carbocycles. The molecule has 4 rings (SSSR count). The van der Waals surface area contributed by atoms with Crippen molar-refractivity contribution in [3.05, 3.63) is 90.4 Å². The maximum atomic E-state index is 13.0. The Hall–Kier alpha value is -3.08. The number of aliphatic hydroxyl groups excluding tert-OH is 1. The van der Waals surface area contributed by atoms with Crippen LogP contribution in [0.15, 0.2) is 83.0 Å². The molecule has 0 spiro atoms. The van der Waals surface area contributed by atoms with Gasteiger partial charge < -0.3 is 9.52 Å². The van der Waals surface area contributed by atoms with Crippen LogP contribution in [0.3, 0.4) is 0 Å². The third kappa shape index (κ3) is 6.21. The van der Waals surface area contributed by atoms with E-state index < -0.39 is 0 Å². The minimum absolute atomic E-state index is 0. The molecule has 4 nitrogen and oxygen atoms in total. The number of aliphatic hydroxyl groups is 1. The molecule has 2 aromatic heterocycles. The zero-order chi connectivity index (χ0) is 20.8. The summed E-state index contributed by atoms with van der Waals surface area (Å²) in [6.07, 6.45) is 1.17. The number of halogens is 1. The van der Waals surface area contributed by atoms with Crippen molar-refractivity contribution in [2.24, 2.45) is 0 Å². The van der Waals surface area contributed by atoms with Gasteiger partial charge in [-0.2, -0.15) is 0 Å². The zero-order valence-corrected chi connectivity index (χ0v) is 18.7. The largest absolute Gasteiger partial charge is 0.512 e. The van der Waals surface area contributed by atoms with Crippen molar-refractivity contribution in [3.8, 4) is 22.6 Å². The number of hydrogen-bond donors (Lipinski definition) is 1. The van der Waals surface area contributed by atoms with Gasteiger partial charge in [0.1, 0.15) is 11.6 Å². The van der Waals surface area contributed by atoms with Gasteiger partial charge in [0.15, 0.2) is 5.78 Å². The van der Waals surface area contributed by atoms with E-state index in [4.69, 9.17) is 9.52 Å². The van der Waals surface area contributed by atoms with Crippen molar-refractivity contribution in [2.45, 2.75) is 13.8 Å². The second-order valence-corrected chi connectivity index (χ2v) is 6.38. The van der Waals surface area contributed by atoms with Crippen LogP contribution in [0.4, 0.5) is 4.39 Å². The number of rotatable bonds is 3. The number of carbonyl (C=O) groups excluding carboxylic acids is 1. The first kappa shape index (κ1) is 23.2. The van der Waals surface area contributed by atoms with E-state index in [-0.39, 0.29) is 37.5 Å². The molecule has 0 fully saturated rings. The van der Waals surface area contributed by atoms with Gasteiger partial charge >= 0.3 is 0 Å². The van der Waals surface area contributed by atoms with Crippen LogP contribution in [0.2, 0.25) is 0 Å². The summed E-state index contributed by atoms with van der Waals surface area (Å²) < 4.78 is 18.8. The standard InChI is InChI=1S/C19H11FNO.C5H8O2.Ir/c20-16-9-6-14(7-10-16)18-12-15-8-11-17(21-19(15)22-18)13-4-2-1-3-5-13;1-4(6)3-5(2)7;/h1-4,6-12H;3,6H,1-2H3;/q-1;;/b;4-3-;. The summed E-state index contributed by atoms with van der Waals surface area (Å²) in [6, 6.07) is 22.9. The molecule has 0 aliphatic rings. The van der Waals surface area contributed by atoms with Gasteiger partial charge in [0.05, 0.1) is 5.76 Å². The summed E-state index contributed by atoms with van der Waals surface area (Å²) in [5.74, 6) is 0.351. The fraction of sp³-hybridized carbons (Fsp3) is 0.0833. The molecule has 2 heterocycles.